The van der Waals surface area contributed by atoms with Crippen molar-refractivity contribution in [3.8, 4) is 0 Å². The Hall–Kier alpha value is -0.150. The third-order valence-electron chi connectivity index (χ3n) is 2.36. The second kappa shape index (κ2) is 3.93. The van der Waals surface area contributed by atoms with Crippen LogP contribution in [-0.4, -0.2) is 5.78 Å². The average Bonchev–Trinajstić information content (AvgIpc) is 2.50. The van der Waals surface area contributed by atoms with Crippen LogP contribution in [0.3, 0.4) is 0 Å². The fraction of sp³-hybridized carbons (Fsp3) is 0.500. The fourth-order valence-electron chi connectivity index (χ4n) is 0.969. The van der Waals surface area contributed by atoms with Gasteiger partial charge in [-0.1, -0.05) is 20.8 Å². The Bertz CT molecular complexity index is 314. The number of hydrogen-bond acceptors (Lipinski definition) is 2. The maximum atomic E-state index is 12.0. The molecule has 0 saturated carbocycles. The summed E-state index contributed by atoms with van der Waals surface area (Å²) in [5.74, 6) is 0.225. The first-order valence-electron chi connectivity index (χ1n) is 4.25. The summed E-state index contributed by atoms with van der Waals surface area (Å²) in [7, 11) is 0. The van der Waals surface area contributed by atoms with Crippen LogP contribution in [0.15, 0.2) is 15.2 Å². The molecule has 0 spiro atoms. The Morgan fingerprint density at radius 3 is 2.54 bits per heavy atom. The first kappa shape index (κ1) is 10.9. The normalized spacial score (nSPS) is 11.7. The molecule has 0 aliphatic carbocycles. The molecule has 0 atom stereocenters. The molecule has 1 aromatic heterocycles. The van der Waals surface area contributed by atoms with Gasteiger partial charge in [-0.3, -0.25) is 4.79 Å². The van der Waals surface area contributed by atoms with Gasteiger partial charge in [0.1, 0.15) is 0 Å². The molecule has 13 heavy (non-hydrogen) atoms. The van der Waals surface area contributed by atoms with Gasteiger partial charge >= 0.3 is 0 Å². The Kier molecular flexibility index (Phi) is 3.30. The summed E-state index contributed by atoms with van der Waals surface area (Å²) in [5.41, 5.74) is 0.570. The lowest BCUT2D eigenvalue weighted by molar-refractivity contribution is 0.0832. The quantitative estimate of drug-likeness (QED) is 0.748. The number of carbonyl (C=O) groups excluding carboxylic acids is 1. The second-order valence-corrected chi connectivity index (χ2v) is 5.30. The Morgan fingerprint density at radius 1 is 1.54 bits per heavy atom. The van der Waals surface area contributed by atoms with Crippen LogP contribution in [0, 0.1) is 5.41 Å². The molecular weight excluding hydrogens is 248 g/mol. The average molecular weight is 261 g/mol. The number of Topliss-reactive ketones (excluding diaryl/α,β-unsaturated/α-hetero) is 1. The van der Waals surface area contributed by atoms with Gasteiger partial charge in [-0.05, 0) is 22.4 Å². The maximum absolute atomic E-state index is 12.0. The summed E-state index contributed by atoms with van der Waals surface area (Å²) in [6.07, 6.45) is 0.869. The highest BCUT2D eigenvalue weighted by molar-refractivity contribution is 9.10. The highest BCUT2D eigenvalue weighted by atomic mass is 79.9. The maximum Gasteiger partial charge on any atom is 0.170 e. The van der Waals surface area contributed by atoms with Gasteiger partial charge in [0.2, 0.25) is 0 Å². The molecule has 0 saturated heterocycles. The van der Waals surface area contributed by atoms with E-state index < -0.39 is 0 Å². The Morgan fingerprint density at radius 2 is 2.15 bits per heavy atom. The fourth-order valence-corrected chi connectivity index (χ4v) is 2.42. The van der Waals surface area contributed by atoms with E-state index in [-0.39, 0.29) is 11.2 Å². The summed E-state index contributed by atoms with van der Waals surface area (Å²) in [6.45, 7) is 6.01. The molecule has 0 unspecified atom stereocenters. The van der Waals surface area contributed by atoms with Crippen molar-refractivity contribution in [2.45, 2.75) is 27.2 Å². The highest BCUT2D eigenvalue weighted by Crippen LogP contribution is 2.31. The predicted molar refractivity (Wildman–Crippen MR) is 60.4 cm³/mol. The number of carbonyl (C=O) groups is 1. The van der Waals surface area contributed by atoms with E-state index in [1.165, 1.54) is 0 Å². The summed E-state index contributed by atoms with van der Waals surface area (Å²) >= 11 is 4.93. The smallest absolute Gasteiger partial charge is 0.170 e. The number of rotatable bonds is 3. The number of hydrogen-bond donors (Lipinski definition) is 0. The lowest BCUT2D eigenvalue weighted by Gasteiger charge is -2.20. The summed E-state index contributed by atoms with van der Waals surface area (Å²) < 4.78 is 0.920. The van der Waals surface area contributed by atoms with E-state index in [0.29, 0.717) is 0 Å². The van der Waals surface area contributed by atoms with Crippen LogP contribution in [-0.2, 0) is 0 Å². The van der Waals surface area contributed by atoms with Crippen molar-refractivity contribution in [2.75, 3.05) is 0 Å². The van der Waals surface area contributed by atoms with Gasteiger partial charge in [0, 0.05) is 26.2 Å². The van der Waals surface area contributed by atoms with Crippen molar-refractivity contribution in [2.24, 2.45) is 5.41 Å². The van der Waals surface area contributed by atoms with Crippen LogP contribution in [0.5, 0.6) is 0 Å². The molecule has 0 N–H and O–H groups in total. The molecular formula is C10H13BrOS. The van der Waals surface area contributed by atoms with Gasteiger partial charge in [0.15, 0.2) is 5.78 Å². The molecule has 0 aliphatic heterocycles. The van der Waals surface area contributed by atoms with E-state index in [4.69, 9.17) is 0 Å². The molecule has 1 aromatic rings. The van der Waals surface area contributed by atoms with Gasteiger partial charge in [-0.15, -0.1) is 0 Å². The largest absolute Gasteiger partial charge is 0.294 e. The van der Waals surface area contributed by atoms with Crippen LogP contribution in [0.1, 0.15) is 37.6 Å². The molecule has 3 heteroatoms. The Balaban J connectivity index is 2.98. The van der Waals surface area contributed by atoms with E-state index in [2.05, 4.69) is 15.9 Å². The molecule has 0 amide bonds. The van der Waals surface area contributed by atoms with E-state index in [9.17, 15) is 4.79 Å². The van der Waals surface area contributed by atoms with Gasteiger partial charge in [-0.2, -0.15) is 11.3 Å². The minimum Gasteiger partial charge on any atom is -0.294 e. The SMILES string of the molecule is CCC(C)(C)C(=O)c1cscc1Br. The first-order chi connectivity index (χ1) is 5.99. The molecule has 0 radical (unpaired) electrons. The lowest BCUT2D eigenvalue weighted by atomic mass is 9.83. The van der Waals surface area contributed by atoms with Crippen LogP contribution in [0.4, 0.5) is 0 Å². The summed E-state index contributed by atoms with van der Waals surface area (Å²) in [6, 6.07) is 0. The first-order valence-corrected chi connectivity index (χ1v) is 5.99. The molecule has 0 aliphatic rings. The highest BCUT2D eigenvalue weighted by Gasteiger charge is 2.28. The molecule has 72 valence electrons. The third kappa shape index (κ3) is 2.20. The van der Waals surface area contributed by atoms with E-state index >= 15 is 0 Å². The second-order valence-electron chi connectivity index (χ2n) is 3.70. The number of halogens is 1. The van der Waals surface area contributed by atoms with Gasteiger partial charge in [0.25, 0.3) is 0 Å². The van der Waals surface area contributed by atoms with Crippen LogP contribution in [0.2, 0.25) is 0 Å². The van der Waals surface area contributed by atoms with E-state index in [1.54, 1.807) is 11.3 Å². The monoisotopic (exact) mass is 260 g/mol. The molecule has 0 aromatic carbocycles. The van der Waals surface area contributed by atoms with E-state index in [1.807, 2.05) is 31.5 Å². The standard InChI is InChI=1S/C10H13BrOS/c1-4-10(2,3)9(12)7-5-13-6-8(7)11/h5-6H,4H2,1-3H3. The zero-order valence-corrected chi connectivity index (χ0v) is 10.5. The predicted octanol–water partition coefficient (Wildman–Crippen LogP) is 4.13. The molecule has 1 nitrogen and oxygen atoms in total. The number of thiophene rings is 1. The minimum atomic E-state index is -0.246. The van der Waals surface area contributed by atoms with Crippen molar-refractivity contribution < 1.29 is 4.79 Å². The third-order valence-corrected chi connectivity index (χ3v) is 4.06. The molecule has 1 rings (SSSR count). The molecule has 0 bridgehead atoms. The summed E-state index contributed by atoms with van der Waals surface area (Å²) in [4.78, 5) is 12.0. The number of ketones is 1. The van der Waals surface area contributed by atoms with Crippen molar-refractivity contribution in [3.05, 3.63) is 20.8 Å². The van der Waals surface area contributed by atoms with Crippen molar-refractivity contribution in [1.82, 2.24) is 0 Å². The van der Waals surface area contributed by atoms with E-state index in [0.717, 1.165) is 16.5 Å². The zero-order valence-electron chi connectivity index (χ0n) is 8.06. The minimum absolute atomic E-state index is 0.225. The molecule has 0 fully saturated rings. The topological polar surface area (TPSA) is 17.1 Å². The molecule has 1 heterocycles. The Labute approximate surface area is 91.3 Å². The van der Waals surface area contributed by atoms with Crippen LogP contribution in [0.25, 0.3) is 0 Å². The van der Waals surface area contributed by atoms with Gasteiger partial charge in [0.05, 0.1) is 0 Å². The zero-order chi connectivity index (χ0) is 10.1. The van der Waals surface area contributed by atoms with Gasteiger partial charge < -0.3 is 0 Å². The van der Waals surface area contributed by atoms with Crippen molar-refractivity contribution >= 4 is 33.0 Å². The van der Waals surface area contributed by atoms with Crippen LogP contribution >= 0.6 is 27.3 Å². The van der Waals surface area contributed by atoms with Crippen LogP contribution < -0.4 is 0 Å². The van der Waals surface area contributed by atoms with Crippen molar-refractivity contribution in [3.63, 3.8) is 0 Å². The van der Waals surface area contributed by atoms with Gasteiger partial charge in [-0.25, -0.2) is 0 Å². The van der Waals surface area contributed by atoms with Crippen molar-refractivity contribution in [1.29, 1.82) is 0 Å². The lowest BCUT2D eigenvalue weighted by Crippen LogP contribution is -2.23. The summed E-state index contributed by atoms with van der Waals surface area (Å²) in [5, 5.41) is 3.85.